The molecule has 23 heavy (non-hydrogen) atoms. The molecule has 1 amide bonds. The molecule has 1 heterocycles. The molecule has 2 aromatic carbocycles. The predicted molar refractivity (Wildman–Crippen MR) is 89.2 cm³/mol. The molecule has 0 saturated carbocycles. The van der Waals surface area contributed by atoms with E-state index >= 15 is 0 Å². The lowest BCUT2D eigenvalue weighted by Crippen LogP contribution is -2.40. The smallest absolute Gasteiger partial charge is 0.410 e. The second kappa shape index (κ2) is 7.29. The molecule has 0 bridgehead atoms. The molecule has 0 unspecified atom stereocenters. The van der Waals surface area contributed by atoms with E-state index in [1.807, 2.05) is 30.3 Å². The second-order valence-electron chi connectivity index (χ2n) is 5.61. The summed E-state index contributed by atoms with van der Waals surface area (Å²) < 4.78 is 10.7. The number of carbonyl (C=O) groups is 1. The third-order valence-corrected chi connectivity index (χ3v) is 4.15. The molecule has 0 radical (unpaired) electrons. The Morgan fingerprint density at radius 1 is 1.09 bits per heavy atom. The maximum absolute atomic E-state index is 12.1. The number of amides is 1. The molecule has 2 aromatic rings. The van der Waals surface area contributed by atoms with Crippen molar-refractivity contribution in [3.63, 3.8) is 0 Å². The molecule has 4 nitrogen and oxygen atoms in total. The molecule has 0 aliphatic carbocycles. The summed E-state index contributed by atoms with van der Waals surface area (Å²) in [6.07, 6.45) is -0.266. The highest BCUT2D eigenvalue weighted by atomic mass is 16.6. The monoisotopic (exact) mass is 311 g/mol. The van der Waals surface area contributed by atoms with Crippen LogP contribution in [0.2, 0.25) is 0 Å². The summed E-state index contributed by atoms with van der Waals surface area (Å²) in [5.41, 5.74) is 4.53. The highest BCUT2D eigenvalue weighted by molar-refractivity contribution is 5.69. The number of hydrogen-bond acceptors (Lipinski definition) is 3. The molecule has 3 rings (SSSR count). The summed E-state index contributed by atoms with van der Waals surface area (Å²) in [7, 11) is 0. The summed E-state index contributed by atoms with van der Waals surface area (Å²) >= 11 is 0. The molecule has 0 atom stereocenters. The summed E-state index contributed by atoms with van der Waals surface area (Å²) in [6.45, 7) is 4.72. The van der Waals surface area contributed by atoms with Crippen LogP contribution in [0.5, 0.6) is 0 Å². The van der Waals surface area contributed by atoms with E-state index in [0.717, 1.165) is 11.1 Å². The number of rotatable bonds is 3. The van der Waals surface area contributed by atoms with Gasteiger partial charge in [0.05, 0.1) is 13.2 Å². The van der Waals surface area contributed by atoms with E-state index in [4.69, 9.17) is 9.47 Å². The van der Waals surface area contributed by atoms with Crippen molar-refractivity contribution in [2.24, 2.45) is 0 Å². The fourth-order valence-electron chi connectivity index (χ4n) is 2.75. The molecule has 0 aromatic heterocycles. The van der Waals surface area contributed by atoms with E-state index in [1.165, 1.54) is 11.1 Å². The van der Waals surface area contributed by atoms with Gasteiger partial charge in [-0.3, -0.25) is 0 Å². The van der Waals surface area contributed by atoms with Gasteiger partial charge in [-0.1, -0.05) is 48.5 Å². The summed E-state index contributed by atoms with van der Waals surface area (Å²) in [6, 6.07) is 16.4. The lowest BCUT2D eigenvalue weighted by atomic mass is 9.97. The van der Waals surface area contributed by atoms with E-state index < -0.39 is 0 Å². The zero-order valence-electron chi connectivity index (χ0n) is 13.3. The molecule has 4 heteroatoms. The zero-order chi connectivity index (χ0) is 16.1. The van der Waals surface area contributed by atoms with Gasteiger partial charge in [0.2, 0.25) is 0 Å². The zero-order valence-corrected chi connectivity index (χ0v) is 13.3. The molecule has 1 fully saturated rings. The van der Waals surface area contributed by atoms with Crippen LogP contribution in [-0.2, 0) is 16.1 Å². The first kappa shape index (κ1) is 15.6. The predicted octanol–water partition coefficient (Wildman–Crippen LogP) is 3.63. The number of morpholine rings is 1. The molecule has 0 spiro atoms. The van der Waals surface area contributed by atoms with Crippen molar-refractivity contribution in [2.75, 3.05) is 26.3 Å². The Morgan fingerprint density at radius 2 is 1.83 bits per heavy atom. The largest absolute Gasteiger partial charge is 0.445 e. The fraction of sp³-hybridized carbons (Fsp3) is 0.316. The SMILES string of the molecule is Cc1c(COC(=O)N2CCOCC2)cccc1-c1ccccc1. The van der Waals surface area contributed by atoms with Gasteiger partial charge >= 0.3 is 6.09 Å². The van der Waals surface area contributed by atoms with Crippen molar-refractivity contribution in [1.82, 2.24) is 4.90 Å². The lowest BCUT2D eigenvalue weighted by molar-refractivity contribution is 0.0249. The number of ether oxygens (including phenoxy) is 2. The first-order valence-electron chi connectivity index (χ1n) is 7.89. The van der Waals surface area contributed by atoms with Crippen molar-refractivity contribution in [3.8, 4) is 11.1 Å². The van der Waals surface area contributed by atoms with Crippen LogP contribution in [0.15, 0.2) is 48.5 Å². The minimum Gasteiger partial charge on any atom is -0.445 e. The van der Waals surface area contributed by atoms with Crippen LogP contribution >= 0.6 is 0 Å². The van der Waals surface area contributed by atoms with Gasteiger partial charge in [0.15, 0.2) is 0 Å². The summed E-state index contributed by atoms with van der Waals surface area (Å²) in [4.78, 5) is 13.8. The minimum atomic E-state index is -0.266. The third kappa shape index (κ3) is 3.71. The summed E-state index contributed by atoms with van der Waals surface area (Å²) in [5, 5.41) is 0. The molecular weight excluding hydrogens is 290 g/mol. The van der Waals surface area contributed by atoms with Crippen molar-refractivity contribution >= 4 is 6.09 Å². The van der Waals surface area contributed by atoms with Gasteiger partial charge < -0.3 is 14.4 Å². The van der Waals surface area contributed by atoms with Crippen molar-refractivity contribution < 1.29 is 14.3 Å². The lowest BCUT2D eigenvalue weighted by Gasteiger charge is -2.26. The Morgan fingerprint density at radius 3 is 2.57 bits per heavy atom. The fourth-order valence-corrected chi connectivity index (χ4v) is 2.75. The van der Waals surface area contributed by atoms with E-state index in [9.17, 15) is 4.79 Å². The Kier molecular flexibility index (Phi) is 4.93. The van der Waals surface area contributed by atoms with Crippen LogP contribution in [0.1, 0.15) is 11.1 Å². The van der Waals surface area contributed by atoms with Crippen LogP contribution in [0.4, 0.5) is 4.79 Å². The van der Waals surface area contributed by atoms with Gasteiger partial charge in [0.25, 0.3) is 0 Å². The van der Waals surface area contributed by atoms with Crippen LogP contribution < -0.4 is 0 Å². The first-order chi connectivity index (χ1) is 11.3. The minimum absolute atomic E-state index is 0.266. The average molecular weight is 311 g/mol. The molecule has 1 aliphatic heterocycles. The Hall–Kier alpha value is -2.33. The van der Waals surface area contributed by atoms with Crippen LogP contribution in [0.25, 0.3) is 11.1 Å². The number of nitrogens with zero attached hydrogens (tertiary/aromatic N) is 1. The molecule has 120 valence electrons. The van der Waals surface area contributed by atoms with E-state index in [1.54, 1.807) is 4.90 Å². The van der Waals surface area contributed by atoms with Gasteiger partial charge in [-0.05, 0) is 29.2 Å². The van der Waals surface area contributed by atoms with Gasteiger partial charge in [-0.25, -0.2) is 4.79 Å². The van der Waals surface area contributed by atoms with Gasteiger partial charge in [0, 0.05) is 13.1 Å². The standard InChI is InChI=1S/C19H21NO3/c1-15-17(14-23-19(21)20-10-12-22-13-11-20)8-5-9-18(15)16-6-3-2-4-7-16/h2-9H,10-14H2,1H3. The molecule has 0 N–H and O–H groups in total. The average Bonchev–Trinajstić information content (AvgIpc) is 2.62. The van der Waals surface area contributed by atoms with Crippen molar-refractivity contribution in [2.45, 2.75) is 13.5 Å². The van der Waals surface area contributed by atoms with Crippen LogP contribution in [-0.4, -0.2) is 37.3 Å². The number of benzene rings is 2. The first-order valence-corrected chi connectivity index (χ1v) is 7.89. The summed E-state index contributed by atoms with van der Waals surface area (Å²) in [5.74, 6) is 0. The Bertz CT molecular complexity index is 664. The van der Waals surface area contributed by atoms with E-state index in [2.05, 4.69) is 25.1 Å². The van der Waals surface area contributed by atoms with Crippen LogP contribution in [0, 0.1) is 6.92 Å². The molecular formula is C19H21NO3. The Labute approximate surface area is 136 Å². The molecule has 1 saturated heterocycles. The van der Waals surface area contributed by atoms with Gasteiger partial charge in [-0.15, -0.1) is 0 Å². The highest BCUT2D eigenvalue weighted by Gasteiger charge is 2.18. The maximum Gasteiger partial charge on any atom is 0.410 e. The van der Waals surface area contributed by atoms with Crippen molar-refractivity contribution in [3.05, 3.63) is 59.7 Å². The van der Waals surface area contributed by atoms with Gasteiger partial charge in [0.1, 0.15) is 6.61 Å². The normalized spacial score (nSPS) is 14.6. The quantitative estimate of drug-likeness (QED) is 0.869. The van der Waals surface area contributed by atoms with Crippen LogP contribution in [0.3, 0.4) is 0 Å². The van der Waals surface area contributed by atoms with Crippen molar-refractivity contribution in [1.29, 1.82) is 0 Å². The van der Waals surface area contributed by atoms with E-state index in [0.29, 0.717) is 32.9 Å². The third-order valence-electron chi connectivity index (χ3n) is 4.15. The number of hydrogen-bond donors (Lipinski definition) is 0. The second-order valence-corrected chi connectivity index (χ2v) is 5.61. The topological polar surface area (TPSA) is 38.8 Å². The molecule has 1 aliphatic rings. The maximum atomic E-state index is 12.1. The van der Waals surface area contributed by atoms with E-state index in [-0.39, 0.29) is 6.09 Å². The highest BCUT2D eigenvalue weighted by Crippen LogP contribution is 2.26. The number of carbonyl (C=O) groups excluding carboxylic acids is 1. The van der Waals surface area contributed by atoms with Gasteiger partial charge in [-0.2, -0.15) is 0 Å². The Balaban J connectivity index is 1.70.